The molecule has 0 saturated heterocycles. The number of carboxylic acid groups (broad SMARTS) is 1. The number of carbonyl (C=O) groups is 3. The summed E-state index contributed by atoms with van der Waals surface area (Å²) in [5, 5.41) is 15.3. The minimum atomic E-state index is -1.07. The molecule has 0 radical (unpaired) electrons. The Morgan fingerprint density at radius 1 is 1.07 bits per heavy atom. The number of ether oxygens (including phenoxy) is 1. The van der Waals surface area contributed by atoms with Gasteiger partial charge in [0.2, 0.25) is 0 Å². The molecule has 2 aromatic rings. The second-order valence-electron chi connectivity index (χ2n) is 5.36. The first kappa shape index (κ1) is 21.2. The number of carboxylic acids is 1. The van der Waals surface area contributed by atoms with Crippen LogP contribution in [0.2, 0.25) is 10.0 Å². The van der Waals surface area contributed by atoms with Crippen molar-refractivity contribution >= 4 is 47.2 Å². The Kier molecular flexibility index (Phi) is 7.79. The standard InChI is InChI=1S/C18H15Cl2N3O5/c19-14-6-3-12(7-15(14)20)18(27)21-9-16(24)23-22-8-11-1-4-13(5-2-11)28-10-17(25)26/h1-8H,9-10H2,(H,21,27)(H,23,24)(H,25,26)/b22-8+. The number of carbonyl (C=O) groups excluding carboxylic acids is 2. The van der Waals surface area contributed by atoms with Crippen molar-refractivity contribution in [2.24, 2.45) is 5.10 Å². The van der Waals surface area contributed by atoms with Gasteiger partial charge in [0.05, 0.1) is 22.8 Å². The van der Waals surface area contributed by atoms with Crippen LogP contribution in [0, 0.1) is 0 Å². The summed E-state index contributed by atoms with van der Waals surface area (Å²) in [6.45, 7) is -0.712. The highest BCUT2D eigenvalue weighted by Gasteiger charge is 2.09. The van der Waals surface area contributed by atoms with Crippen molar-refractivity contribution in [2.75, 3.05) is 13.2 Å². The molecule has 0 fully saturated rings. The summed E-state index contributed by atoms with van der Waals surface area (Å²) in [7, 11) is 0. The van der Waals surface area contributed by atoms with Crippen LogP contribution in [-0.2, 0) is 9.59 Å². The van der Waals surface area contributed by atoms with Crippen LogP contribution in [0.3, 0.4) is 0 Å². The predicted octanol–water partition coefficient (Wildman–Crippen LogP) is 2.34. The number of halogens is 2. The average molecular weight is 424 g/mol. The lowest BCUT2D eigenvalue weighted by Crippen LogP contribution is -2.34. The monoisotopic (exact) mass is 423 g/mol. The smallest absolute Gasteiger partial charge is 0.341 e. The van der Waals surface area contributed by atoms with E-state index in [4.69, 9.17) is 33.0 Å². The summed E-state index contributed by atoms with van der Waals surface area (Å²) >= 11 is 11.6. The van der Waals surface area contributed by atoms with Crippen molar-refractivity contribution in [3.63, 3.8) is 0 Å². The van der Waals surface area contributed by atoms with Crippen molar-refractivity contribution in [1.29, 1.82) is 0 Å². The molecule has 0 atom stereocenters. The molecule has 10 heteroatoms. The minimum Gasteiger partial charge on any atom is -0.482 e. The van der Waals surface area contributed by atoms with Gasteiger partial charge in [-0.25, -0.2) is 10.2 Å². The van der Waals surface area contributed by atoms with E-state index in [9.17, 15) is 14.4 Å². The number of amides is 2. The zero-order chi connectivity index (χ0) is 20.5. The average Bonchev–Trinajstić information content (AvgIpc) is 2.67. The first-order chi connectivity index (χ1) is 13.3. The number of nitrogens with one attached hydrogen (secondary N) is 2. The Hall–Kier alpha value is -3.10. The molecule has 146 valence electrons. The van der Waals surface area contributed by atoms with Gasteiger partial charge in [-0.1, -0.05) is 23.2 Å². The van der Waals surface area contributed by atoms with Crippen LogP contribution in [0.25, 0.3) is 0 Å². The van der Waals surface area contributed by atoms with Gasteiger partial charge >= 0.3 is 5.97 Å². The SMILES string of the molecule is O=C(O)COc1ccc(/C=N/NC(=O)CNC(=O)c2ccc(Cl)c(Cl)c2)cc1. The third-order valence-corrected chi connectivity index (χ3v) is 3.98. The first-order valence-corrected chi connectivity index (χ1v) is 8.60. The minimum absolute atomic E-state index is 0.239. The van der Waals surface area contributed by atoms with Gasteiger partial charge in [0.15, 0.2) is 6.61 Å². The van der Waals surface area contributed by atoms with Gasteiger partial charge in [0.1, 0.15) is 5.75 Å². The maximum absolute atomic E-state index is 12.0. The molecule has 2 amide bonds. The van der Waals surface area contributed by atoms with Crippen molar-refractivity contribution in [3.8, 4) is 5.75 Å². The number of hydrogen-bond acceptors (Lipinski definition) is 5. The molecule has 28 heavy (non-hydrogen) atoms. The van der Waals surface area contributed by atoms with Gasteiger partial charge in [-0.15, -0.1) is 0 Å². The quantitative estimate of drug-likeness (QED) is 0.444. The van der Waals surface area contributed by atoms with Crippen molar-refractivity contribution in [3.05, 3.63) is 63.6 Å². The zero-order valence-corrected chi connectivity index (χ0v) is 15.8. The summed E-state index contributed by atoms with van der Waals surface area (Å²) in [6.07, 6.45) is 1.39. The largest absolute Gasteiger partial charge is 0.482 e. The maximum Gasteiger partial charge on any atom is 0.341 e. The van der Waals surface area contributed by atoms with Crippen LogP contribution in [0.5, 0.6) is 5.75 Å². The van der Waals surface area contributed by atoms with E-state index in [1.807, 2.05) is 0 Å². The Morgan fingerprint density at radius 2 is 1.79 bits per heavy atom. The van der Waals surface area contributed by atoms with Crippen LogP contribution in [0.1, 0.15) is 15.9 Å². The molecule has 3 N–H and O–H groups in total. The Balaban J connectivity index is 1.77. The highest BCUT2D eigenvalue weighted by Crippen LogP contribution is 2.22. The maximum atomic E-state index is 12.0. The lowest BCUT2D eigenvalue weighted by Gasteiger charge is -2.05. The third-order valence-electron chi connectivity index (χ3n) is 3.24. The number of hydrazone groups is 1. The van der Waals surface area contributed by atoms with Gasteiger partial charge in [-0.3, -0.25) is 9.59 Å². The molecular weight excluding hydrogens is 409 g/mol. The first-order valence-electron chi connectivity index (χ1n) is 7.85. The Morgan fingerprint density at radius 3 is 2.43 bits per heavy atom. The summed E-state index contributed by atoms with van der Waals surface area (Å²) in [6, 6.07) is 10.8. The van der Waals surface area contributed by atoms with Gasteiger partial charge in [0, 0.05) is 5.56 Å². The van der Waals surface area contributed by atoms with Crippen LogP contribution >= 0.6 is 23.2 Å². The molecule has 0 spiro atoms. The van der Waals surface area contributed by atoms with Crippen LogP contribution in [0.4, 0.5) is 0 Å². The lowest BCUT2D eigenvalue weighted by molar-refractivity contribution is -0.139. The molecule has 0 saturated carbocycles. The normalized spacial score (nSPS) is 10.5. The second kappa shape index (κ2) is 10.3. The Labute approximate surface area is 170 Å². The van der Waals surface area contributed by atoms with E-state index in [1.165, 1.54) is 24.4 Å². The molecule has 0 bridgehead atoms. The molecule has 0 unspecified atom stereocenters. The van der Waals surface area contributed by atoms with E-state index in [2.05, 4.69) is 15.8 Å². The van der Waals surface area contributed by atoms with Crippen LogP contribution in [-0.4, -0.2) is 42.3 Å². The van der Waals surface area contributed by atoms with Crippen molar-refractivity contribution in [2.45, 2.75) is 0 Å². The molecule has 0 aliphatic rings. The fourth-order valence-electron chi connectivity index (χ4n) is 1.91. The molecule has 0 aromatic heterocycles. The topological polar surface area (TPSA) is 117 Å². The number of rotatable bonds is 8. The molecule has 0 aliphatic carbocycles. The fraction of sp³-hybridized carbons (Fsp3) is 0.111. The molecule has 8 nitrogen and oxygen atoms in total. The third kappa shape index (κ3) is 6.90. The summed E-state index contributed by atoms with van der Waals surface area (Å²) in [5.41, 5.74) is 3.20. The van der Waals surface area contributed by atoms with Crippen molar-refractivity contribution in [1.82, 2.24) is 10.7 Å². The van der Waals surface area contributed by atoms with Crippen LogP contribution < -0.4 is 15.5 Å². The molecular formula is C18H15Cl2N3O5. The van der Waals surface area contributed by atoms with E-state index in [0.29, 0.717) is 16.3 Å². The van der Waals surface area contributed by atoms with Gasteiger partial charge in [0.25, 0.3) is 11.8 Å². The summed E-state index contributed by atoms with van der Waals surface area (Å²) in [5.74, 6) is -1.67. The van der Waals surface area contributed by atoms with E-state index in [1.54, 1.807) is 24.3 Å². The van der Waals surface area contributed by atoms with Gasteiger partial charge in [-0.2, -0.15) is 5.10 Å². The number of benzene rings is 2. The molecule has 0 aliphatic heterocycles. The molecule has 0 heterocycles. The van der Waals surface area contributed by atoms with E-state index < -0.39 is 24.4 Å². The summed E-state index contributed by atoms with van der Waals surface area (Å²) in [4.78, 5) is 34.1. The highest BCUT2D eigenvalue weighted by atomic mass is 35.5. The highest BCUT2D eigenvalue weighted by molar-refractivity contribution is 6.42. The van der Waals surface area contributed by atoms with E-state index in [0.717, 1.165) is 0 Å². The van der Waals surface area contributed by atoms with Crippen LogP contribution in [0.15, 0.2) is 47.6 Å². The molecule has 2 rings (SSSR count). The number of nitrogens with zero attached hydrogens (tertiary/aromatic N) is 1. The fourth-order valence-corrected chi connectivity index (χ4v) is 2.21. The number of aliphatic carboxylic acids is 1. The Bertz CT molecular complexity index is 901. The molecule has 2 aromatic carbocycles. The lowest BCUT2D eigenvalue weighted by atomic mass is 10.2. The van der Waals surface area contributed by atoms with Gasteiger partial charge < -0.3 is 15.2 Å². The van der Waals surface area contributed by atoms with Gasteiger partial charge in [-0.05, 0) is 48.0 Å². The van der Waals surface area contributed by atoms with Crippen molar-refractivity contribution < 1.29 is 24.2 Å². The van der Waals surface area contributed by atoms with E-state index in [-0.39, 0.29) is 17.1 Å². The zero-order valence-electron chi connectivity index (χ0n) is 14.3. The summed E-state index contributed by atoms with van der Waals surface area (Å²) < 4.78 is 5.00. The number of hydrogen-bond donors (Lipinski definition) is 3. The predicted molar refractivity (Wildman–Crippen MR) is 104 cm³/mol. The van der Waals surface area contributed by atoms with E-state index >= 15 is 0 Å². The second-order valence-corrected chi connectivity index (χ2v) is 6.17.